The molecule has 2 fully saturated rings. The van der Waals surface area contributed by atoms with Crippen LogP contribution in [-0.4, -0.2) is 58.9 Å². The summed E-state index contributed by atoms with van der Waals surface area (Å²) in [5, 5.41) is 20.1. The number of hydrogen-bond donors (Lipinski definition) is 2. The highest BCUT2D eigenvalue weighted by atomic mass is 16.7. The minimum absolute atomic E-state index is 0.0221. The first-order chi connectivity index (χ1) is 12.1. The predicted octanol–water partition coefficient (Wildman–Crippen LogP) is 2.66. The first-order valence-electron chi connectivity index (χ1n) is 9.84. The Kier molecular flexibility index (Phi) is 6.12. The normalized spacial score (nSPS) is 40.5. The van der Waals surface area contributed by atoms with Crippen molar-refractivity contribution in [2.45, 2.75) is 108 Å². The molecule has 6 heteroatoms. The fourth-order valence-corrected chi connectivity index (χ4v) is 4.27. The molecular formula is C20H34O6. The van der Waals surface area contributed by atoms with Crippen LogP contribution in [0.25, 0.3) is 0 Å². The minimum atomic E-state index is -0.690. The zero-order valence-electron chi connectivity index (χ0n) is 16.4. The molecule has 2 saturated heterocycles. The van der Waals surface area contributed by atoms with Gasteiger partial charge in [-0.2, -0.15) is 0 Å². The van der Waals surface area contributed by atoms with Crippen molar-refractivity contribution in [2.75, 3.05) is 6.61 Å². The molecule has 3 rings (SSSR count). The molecule has 26 heavy (non-hydrogen) atoms. The van der Waals surface area contributed by atoms with Gasteiger partial charge in [0.05, 0.1) is 37.1 Å². The van der Waals surface area contributed by atoms with Gasteiger partial charge in [0, 0.05) is 12.8 Å². The molecule has 0 spiro atoms. The van der Waals surface area contributed by atoms with Gasteiger partial charge in [-0.25, -0.2) is 0 Å². The number of hydrogen-bond acceptors (Lipinski definition) is 6. The van der Waals surface area contributed by atoms with Crippen molar-refractivity contribution in [3.63, 3.8) is 0 Å². The van der Waals surface area contributed by atoms with E-state index in [1.54, 1.807) is 0 Å². The van der Waals surface area contributed by atoms with E-state index in [1.807, 2.05) is 33.8 Å². The highest BCUT2D eigenvalue weighted by Crippen LogP contribution is 2.36. The Bertz CT molecular complexity index is 514. The van der Waals surface area contributed by atoms with Crippen molar-refractivity contribution in [2.24, 2.45) is 0 Å². The first-order valence-corrected chi connectivity index (χ1v) is 9.84. The maximum Gasteiger partial charge on any atom is 0.163 e. The van der Waals surface area contributed by atoms with Crippen LogP contribution >= 0.6 is 0 Å². The maximum atomic E-state index is 10.2. The Morgan fingerprint density at radius 2 is 1.69 bits per heavy atom. The van der Waals surface area contributed by atoms with Gasteiger partial charge < -0.3 is 29.2 Å². The topological polar surface area (TPSA) is 77.4 Å². The molecule has 5 atom stereocenters. The summed E-state index contributed by atoms with van der Waals surface area (Å²) < 4.78 is 24.0. The molecule has 2 heterocycles. The van der Waals surface area contributed by atoms with Crippen LogP contribution in [0.1, 0.15) is 66.2 Å². The SMILES string of the molecule is CC1(C)OCC[C@@H](C[C@@H]2C[C@@H](C3=CC[C@@H](O)C[C@H](O)C3)OC(C)(C)O2)O1. The van der Waals surface area contributed by atoms with Gasteiger partial charge in [-0.15, -0.1) is 0 Å². The van der Waals surface area contributed by atoms with E-state index in [1.165, 1.54) is 0 Å². The summed E-state index contributed by atoms with van der Waals surface area (Å²) in [6, 6.07) is 0. The molecule has 0 bridgehead atoms. The van der Waals surface area contributed by atoms with Gasteiger partial charge in [0.1, 0.15) is 0 Å². The monoisotopic (exact) mass is 370 g/mol. The van der Waals surface area contributed by atoms with E-state index >= 15 is 0 Å². The molecule has 0 amide bonds. The Balaban J connectivity index is 1.67. The van der Waals surface area contributed by atoms with E-state index < -0.39 is 23.8 Å². The zero-order chi connectivity index (χ0) is 18.9. The van der Waals surface area contributed by atoms with Crippen LogP contribution in [0.4, 0.5) is 0 Å². The standard InChI is InChI=1S/C20H34O6/c1-19(2)23-8-7-16(24-19)11-17-12-18(26-20(3,4)25-17)13-5-6-14(21)10-15(22)9-13/h5,14-18,21-22H,6-12H2,1-4H3/t14-,15-,16+,17-,18+/m1/s1. The van der Waals surface area contributed by atoms with Gasteiger partial charge in [0.15, 0.2) is 11.6 Å². The fourth-order valence-electron chi connectivity index (χ4n) is 4.27. The van der Waals surface area contributed by atoms with Crippen molar-refractivity contribution >= 4 is 0 Å². The van der Waals surface area contributed by atoms with Crippen molar-refractivity contribution in [3.05, 3.63) is 11.6 Å². The van der Waals surface area contributed by atoms with Crippen LogP contribution in [0.5, 0.6) is 0 Å². The van der Waals surface area contributed by atoms with Crippen molar-refractivity contribution in [1.82, 2.24) is 0 Å². The lowest BCUT2D eigenvalue weighted by atomic mass is 9.93. The molecule has 0 unspecified atom stereocenters. The molecule has 0 radical (unpaired) electrons. The average Bonchev–Trinajstić information content (AvgIpc) is 2.65. The lowest BCUT2D eigenvalue weighted by Gasteiger charge is -2.44. The van der Waals surface area contributed by atoms with E-state index in [0.717, 1.165) is 24.8 Å². The van der Waals surface area contributed by atoms with Crippen LogP contribution in [0.15, 0.2) is 11.6 Å². The van der Waals surface area contributed by atoms with Crippen molar-refractivity contribution < 1.29 is 29.2 Å². The lowest BCUT2D eigenvalue weighted by Crippen LogP contribution is -2.48. The molecule has 0 aromatic carbocycles. The Morgan fingerprint density at radius 1 is 0.962 bits per heavy atom. The summed E-state index contributed by atoms with van der Waals surface area (Å²) in [6.07, 6.45) is 4.99. The van der Waals surface area contributed by atoms with Gasteiger partial charge in [-0.1, -0.05) is 6.08 Å². The third kappa shape index (κ3) is 5.50. The number of rotatable bonds is 3. The molecular weight excluding hydrogens is 336 g/mol. The second-order valence-electron chi connectivity index (χ2n) is 8.76. The molecule has 6 nitrogen and oxygen atoms in total. The Morgan fingerprint density at radius 3 is 2.42 bits per heavy atom. The summed E-state index contributed by atoms with van der Waals surface area (Å²) in [5.41, 5.74) is 1.07. The molecule has 0 aromatic rings. The van der Waals surface area contributed by atoms with Crippen molar-refractivity contribution in [1.29, 1.82) is 0 Å². The number of aliphatic hydroxyl groups is 2. The summed E-state index contributed by atoms with van der Waals surface area (Å²) in [4.78, 5) is 0. The number of ether oxygens (including phenoxy) is 4. The second-order valence-corrected chi connectivity index (χ2v) is 8.76. The van der Waals surface area contributed by atoms with E-state index in [-0.39, 0.29) is 18.3 Å². The summed E-state index contributed by atoms with van der Waals surface area (Å²) in [6.45, 7) is 8.45. The van der Waals surface area contributed by atoms with E-state index in [9.17, 15) is 10.2 Å². The van der Waals surface area contributed by atoms with E-state index in [0.29, 0.717) is 25.9 Å². The molecule has 1 aliphatic carbocycles. The summed E-state index contributed by atoms with van der Waals surface area (Å²) in [7, 11) is 0. The van der Waals surface area contributed by atoms with E-state index in [2.05, 4.69) is 0 Å². The molecule has 0 aromatic heterocycles. The zero-order valence-corrected chi connectivity index (χ0v) is 16.4. The van der Waals surface area contributed by atoms with E-state index in [4.69, 9.17) is 18.9 Å². The largest absolute Gasteiger partial charge is 0.393 e. The van der Waals surface area contributed by atoms with Crippen LogP contribution in [0, 0.1) is 0 Å². The van der Waals surface area contributed by atoms with Gasteiger partial charge in [0.2, 0.25) is 0 Å². The van der Waals surface area contributed by atoms with Gasteiger partial charge in [0.25, 0.3) is 0 Å². The quantitative estimate of drug-likeness (QED) is 0.744. The molecule has 3 aliphatic rings. The fraction of sp³-hybridized carbons (Fsp3) is 0.900. The van der Waals surface area contributed by atoms with Gasteiger partial charge in [-0.05, 0) is 59.0 Å². The third-order valence-corrected chi connectivity index (χ3v) is 5.30. The molecule has 2 aliphatic heterocycles. The Hall–Kier alpha value is -0.500. The predicted molar refractivity (Wildman–Crippen MR) is 96.5 cm³/mol. The molecule has 2 N–H and O–H groups in total. The van der Waals surface area contributed by atoms with Gasteiger partial charge in [-0.3, -0.25) is 0 Å². The smallest absolute Gasteiger partial charge is 0.163 e. The highest BCUT2D eigenvalue weighted by Gasteiger charge is 2.40. The Labute approximate surface area is 156 Å². The minimum Gasteiger partial charge on any atom is -0.393 e. The number of aliphatic hydroxyl groups excluding tert-OH is 2. The molecule has 150 valence electrons. The second kappa shape index (κ2) is 7.86. The summed E-state index contributed by atoms with van der Waals surface area (Å²) >= 11 is 0. The average molecular weight is 370 g/mol. The first kappa shape index (κ1) is 20.2. The van der Waals surface area contributed by atoms with Crippen LogP contribution in [-0.2, 0) is 18.9 Å². The lowest BCUT2D eigenvalue weighted by molar-refractivity contribution is -0.311. The van der Waals surface area contributed by atoms with Crippen LogP contribution in [0.2, 0.25) is 0 Å². The van der Waals surface area contributed by atoms with Crippen LogP contribution < -0.4 is 0 Å². The maximum absolute atomic E-state index is 10.2. The van der Waals surface area contributed by atoms with Crippen LogP contribution in [0.3, 0.4) is 0 Å². The summed E-state index contributed by atoms with van der Waals surface area (Å²) in [5.74, 6) is -1.24. The highest BCUT2D eigenvalue weighted by molar-refractivity contribution is 5.14. The van der Waals surface area contributed by atoms with Crippen molar-refractivity contribution in [3.8, 4) is 0 Å². The molecule has 0 saturated carbocycles. The van der Waals surface area contributed by atoms with Gasteiger partial charge >= 0.3 is 0 Å². The third-order valence-electron chi connectivity index (χ3n) is 5.30.